The first kappa shape index (κ1) is 13.5. The molecule has 1 heteroatoms. The summed E-state index contributed by atoms with van der Waals surface area (Å²) in [5, 5.41) is 7.98. The van der Waals surface area contributed by atoms with Gasteiger partial charge in [0.1, 0.15) is 0 Å². The van der Waals surface area contributed by atoms with E-state index in [2.05, 4.69) is 72.8 Å². The van der Waals surface area contributed by atoms with Gasteiger partial charge >= 0.3 is 5.78 Å². The van der Waals surface area contributed by atoms with Crippen LogP contribution in [0.15, 0.2) is 66.7 Å². The predicted molar refractivity (Wildman–Crippen MR) is 103 cm³/mol. The van der Waals surface area contributed by atoms with Gasteiger partial charge in [-0.25, -0.2) is 0 Å². The second kappa shape index (κ2) is 5.04. The van der Waals surface area contributed by atoms with Gasteiger partial charge in [0, 0.05) is 6.08 Å². The van der Waals surface area contributed by atoms with Gasteiger partial charge in [0.2, 0.25) is 0 Å². The summed E-state index contributed by atoms with van der Waals surface area (Å²) >= 11 is 0. The van der Waals surface area contributed by atoms with Gasteiger partial charge in [-0.05, 0) is 49.5 Å². The van der Waals surface area contributed by atoms with E-state index in [4.69, 9.17) is 4.42 Å². The van der Waals surface area contributed by atoms with Gasteiger partial charge in [-0.15, -0.1) is 0 Å². The van der Waals surface area contributed by atoms with E-state index in [0.717, 1.165) is 12.2 Å². The van der Waals surface area contributed by atoms with E-state index in [0.29, 0.717) is 0 Å². The Morgan fingerprint density at radius 3 is 1.92 bits per heavy atom. The predicted octanol–water partition coefficient (Wildman–Crippen LogP) is 5.45. The molecule has 0 aromatic heterocycles. The molecule has 114 valence electrons. The van der Waals surface area contributed by atoms with Crippen LogP contribution >= 0.6 is 0 Å². The standard InChI is InChI=1S/C23H17O/c1-24-16-11-13-17-15(14-16)10-12-22-20-8-3-2-6-18(20)19-7-4-5-9-21(19)23(17)22/h2-13H,14H2,1H3/q+1. The Balaban J connectivity index is 2.05. The van der Waals surface area contributed by atoms with Gasteiger partial charge in [-0.3, -0.25) is 4.42 Å². The summed E-state index contributed by atoms with van der Waals surface area (Å²) in [5.41, 5.74) is 2.66. The van der Waals surface area contributed by atoms with Crippen LogP contribution in [0.3, 0.4) is 0 Å². The van der Waals surface area contributed by atoms with E-state index in [1.807, 2.05) is 0 Å². The summed E-state index contributed by atoms with van der Waals surface area (Å²) in [7, 11) is 1.74. The average Bonchev–Trinajstić information content (AvgIpc) is 2.67. The van der Waals surface area contributed by atoms with Crippen molar-refractivity contribution < 1.29 is 4.42 Å². The van der Waals surface area contributed by atoms with E-state index in [-0.39, 0.29) is 0 Å². The van der Waals surface area contributed by atoms with Crippen molar-refractivity contribution in [3.63, 3.8) is 0 Å². The summed E-state index contributed by atoms with van der Waals surface area (Å²) in [6.45, 7) is 0. The molecule has 0 fully saturated rings. The Kier molecular flexibility index (Phi) is 2.83. The monoisotopic (exact) mass is 309 g/mol. The molecule has 5 rings (SSSR count). The third kappa shape index (κ3) is 1.78. The zero-order chi connectivity index (χ0) is 16.1. The average molecular weight is 309 g/mol. The number of hydrogen-bond donors (Lipinski definition) is 0. The third-order valence-corrected chi connectivity index (χ3v) is 5.10. The SMILES string of the molecule is C[O+]=C1C=Cc2c(ccc3c4ccccc4c4ccccc4c23)C1. The van der Waals surface area contributed by atoms with E-state index < -0.39 is 0 Å². The Morgan fingerprint density at radius 2 is 1.25 bits per heavy atom. The Bertz CT molecular complexity index is 1140. The van der Waals surface area contributed by atoms with E-state index in [1.165, 1.54) is 43.4 Å². The summed E-state index contributed by atoms with van der Waals surface area (Å²) in [5.74, 6) is 1.02. The zero-order valence-electron chi connectivity index (χ0n) is 13.5. The molecular weight excluding hydrogens is 292 g/mol. The largest absolute Gasteiger partial charge is 0.323 e. The summed E-state index contributed by atoms with van der Waals surface area (Å²) in [4.78, 5) is 0. The molecule has 1 nitrogen and oxygen atoms in total. The highest BCUT2D eigenvalue weighted by Crippen LogP contribution is 2.39. The van der Waals surface area contributed by atoms with E-state index in [1.54, 1.807) is 7.11 Å². The summed E-state index contributed by atoms with van der Waals surface area (Å²) < 4.78 is 5.45. The Morgan fingerprint density at radius 1 is 0.667 bits per heavy atom. The molecule has 24 heavy (non-hydrogen) atoms. The normalized spacial score (nSPS) is 15.5. The van der Waals surface area contributed by atoms with Crippen LogP contribution in [0.4, 0.5) is 0 Å². The van der Waals surface area contributed by atoms with Gasteiger partial charge in [-0.2, -0.15) is 0 Å². The molecule has 0 saturated carbocycles. The van der Waals surface area contributed by atoms with Crippen LogP contribution in [-0.2, 0) is 10.8 Å². The molecule has 0 saturated heterocycles. The van der Waals surface area contributed by atoms with Crippen molar-refractivity contribution in [1.29, 1.82) is 0 Å². The van der Waals surface area contributed by atoms with Gasteiger partial charge in [-0.1, -0.05) is 60.7 Å². The number of hydrogen-bond acceptors (Lipinski definition) is 0. The minimum absolute atomic E-state index is 0.861. The summed E-state index contributed by atoms with van der Waals surface area (Å²) in [6.07, 6.45) is 5.17. The number of ketones is 1. The third-order valence-electron chi connectivity index (χ3n) is 5.10. The lowest BCUT2D eigenvalue weighted by Crippen LogP contribution is -2.08. The van der Waals surface area contributed by atoms with Crippen molar-refractivity contribution in [2.45, 2.75) is 6.42 Å². The maximum atomic E-state index is 5.45. The molecule has 4 aromatic rings. The van der Waals surface area contributed by atoms with Gasteiger partial charge < -0.3 is 0 Å². The molecule has 4 aromatic carbocycles. The second-order valence-corrected chi connectivity index (χ2v) is 6.33. The van der Waals surface area contributed by atoms with Crippen LogP contribution < -0.4 is 0 Å². The Hall–Kier alpha value is -2.93. The van der Waals surface area contributed by atoms with Crippen molar-refractivity contribution in [2.75, 3.05) is 7.11 Å². The molecule has 0 unspecified atom stereocenters. The fraction of sp³-hybridized carbons (Fsp3) is 0.0870. The maximum Gasteiger partial charge on any atom is 0.323 e. The number of carbonyl (C=O) groups excluding carboxylic acids is 1. The number of fused-ring (bicyclic) bond motifs is 8. The van der Waals surface area contributed by atoms with Crippen LogP contribution in [0.1, 0.15) is 11.1 Å². The first-order chi connectivity index (χ1) is 11.9. The minimum atomic E-state index is 0.861. The fourth-order valence-electron chi connectivity index (χ4n) is 3.97. The molecule has 0 heterocycles. The van der Waals surface area contributed by atoms with Gasteiger partial charge in [0.05, 0.1) is 6.42 Å². The van der Waals surface area contributed by atoms with E-state index in [9.17, 15) is 0 Å². The highest BCUT2D eigenvalue weighted by molar-refractivity contribution is 6.27. The van der Waals surface area contributed by atoms with Crippen molar-refractivity contribution in [3.05, 3.63) is 77.9 Å². The molecule has 0 radical (unpaired) electrons. The lowest BCUT2D eigenvalue weighted by Gasteiger charge is -2.16. The fourth-order valence-corrected chi connectivity index (χ4v) is 3.97. The van der Waals surface area contributed by atoms with Crippen molar-refractivity contribution in [2.24, 2.45) is 0 Å². The highest BCUT2D eigenvalue weighted by atomic mass is 16.4. The topological polar surface area (TPSA) is 11.3 Å². The Labute approximate surface area is 140 Å². The lowest BCUT2D eigenvalue weighted by molar-refractivity contribution is -0.420. The quantitative estimate of drug-likeness (QED) is 0.302. The number of benzene rings is 4. The molecule has 0 N–H and O–H groups in total. The number of rotatable bonds is 0. The van der Waals surface area contributed by atoms with Gasteiger partial charge in [0.15, 0.2) is 0 Å². The van der Waals surface area contributed by atoms with Crippen LogP contribution in [0, 0.1) is 0 Å². The minimum Gasteiger partial charge on any atom is -0.262 e. The van der Waals surface area contributed by atoms with Crippen LogP contribution in [-0.4, -0.2) is 12.9 Å². The lowest BCUT2D eigenvalue weighted by atomic mass is 9.86. The van der Waals surface area contributed by atoms with Crippen LogP contribution in [0.2, 0.25) is 0 Å². The van der Waals surface area contributed by atoms with E-state index >= 15 is 0 Å². The highest BCUT2D eigenvalue weighted by Gasteiger charge is 2.20. The van der Waals surface area contributed by atoms with Crippen LogP contribution in [0.25, 0.3) is 38.4 Å². The zero-order valence-corrected chi connectivity index (χ0v) is 13.5. The smallest absolute Gasteiger partial charge is 0.262 e. The molecule has 0 amide bonds. The summed E-state index contributed by atoms with van der Waals surface area (Å²) in [6, 6.07) is 22.0. The molecule has 0 spiro atoms. The molecule has 1 aliphatic rings. The second-order valence-electron chi connectivity index (χ2n) is 6.33. The maximum absolute atomic E-state index is 5.45. The first-order valence-electron chi connectivity index (χ1n) is 8.30. The van der Waals surface area contributed by atoms with Gasteiger partial charge in [0.25, 0.3) is 7.11 Å². The molecule has 0 atom stereocenters. The van der Waals surface area contributed by atoms with Crippen molar-refractivity contribution in [3.8, 4) is 0 Å². The van der Waals surface area contributed by atoms with Crippen molar-refractivity contribution >= 4 is 44.2 Å². The number of allylic oxidation sites excluding steroid dienone is 1. The van der Waals surface area contributed by atoms with Crippen molar-refractivity contribution in [1.82, 2.24) is 0 Å². The molecule has 1 aliphatic carbocycles. The molecule has 0 bridgehead atoms. The molecular formula is C23H17O+. The molecule has 0 aliphatic heterocycles. The first-order valence-corrected chi connectivity index (χ1v) is 8.30. The van der Waals surface area contributed by atoms with Crippen LogP contribution in [0.5, 0.6) is 0 Å².